The molecule has 0 saturated carbocycles. The quantitative estimate of drug-likeness (QED) is 0.828. The molecule has 0 aliphatic carbocycles. The second-order valence-electron chi connectivity index (χ2n) is 2.94. The highest BCUT2D eigenvalue weighted by Crippen LogP contribution is 2.23. The zero-order chi connectivity index (χ0) is 9.97. The van der Waals surface area contributed by atoms with Crippen LogP contribution in [-0.2, 0) is 4.74 Å². The van der Waals surface area contributed by atoms with E-state index >= 15 is 0 Å². The Morgan fingerprint density at radius 1 is 1.64 bits per heavy atom. The van der Waals surface area contributed by atoms with Gasteiger partial charge in [-0.15, -0.1) is 0 Å². The van der Waals surface area contributed by atoms with Crippen LogP contribution in [0.25, 0.3) is 10.3 Å². The van der Waals surface area contributed by atoms with Gasteiger partial charge in [-0.3, -0.25) is 0 Å². The molecule has 0 amide bonds. The number of ether oxygens (including phenoxy) is 1. The van der Waals surface area contributed by atoms with Crippen molar-refractivity contribution in [1.82, 2.24) is 9.97 Å². The number of pyridine rings is 1. The van der Waals surface area contributed by atoms with Crippen LogP contribution in [0.15, 0.2) is 18.3 Å². The Balaban J connectivity index is 2.35. The van der Waals surface area contributed by atoms with Crippen LogP contribution in [0.3, 0.4) is 0 Å². The minimum Gasteiger partial charge on any atom is -0.383 e. The van der Waals surface area contributed by atoms with E-state index in [0.29, 0.717) is 6.61 Å². The van der Waals surface area contributed by atoms with Gasteiger partial charge in [0.1, 0.15) is 15.4 Å². The van der Waals surface area contributed by atoms with Crippen molar-refractivity contribution in [3.8, 4) is 0 Å². The van der Waals surface area contributed by atoms with E-state index in [-0.39, 0.29) is 6.04 Å². The molecule has 2 aromatic rings. The van der Waals surface area contributed by atoms with Crippen molar-refractivity contribution in [2.45, 2.75) is 6.04 Å². The van der Waals surface area contributed by atoms with E-state index < -0.39 is 0 Å². The summed E-state index contributed by atoms with van der Waals surface area (Å²) in [6.07, 6.45) is 1.76. The fraction of sp³-hybridized carbons (Fsp3) is 0.333. The molecule has 0 aromatic carbocycles. The van der Waals surface area contributed by atoms with Gasteiger partial charge in [0.15, 0.2) is 0 Å². The molecule has 0 aliphatic rings. The van der Waals surface area contributed by atoms with E-state index in [1.54, 1.807) is 13.3 Å². The molecular formula is C9H11N3OS. The lowest BCUT2D eigenvalue weighted by atomic mass is 10.3. The summed E-state index contributed by atoms with van der Waals surface area (Å²) in [5, 5.41) is 0.876. The van der Waals surface area contributed by atoms with Gasteiger partial charge in [0.2, 0.25) is 0 Å². The van der Waals surface area contributed by atoms with Gasteiger partial charge in [0, 0.05) is 13.3 Å². The molecule has 0 spiro atoms. The van der Waals surface area contributed by atoms with E-state index in [1.165, 1.54) is 11.3 Å². The first-order valence-corrected chi connectivity index (χ1v) is 5.09. The second-order valence-corrected chi connectivity index (χ2v) is 3.95. The van der Waals surface area contributed by atoms with Gasteiger partial charge >= 0.3 is 0 Å². The molecule has 0 saturated heterocycles. The third-order valence-corrected chi connectivity index (χ3v) is 2.96. The average molecular weight is 209 g/mol. The van der Waals surface area contributed by atoms with Crippen molar-refractivity contribution in [2.75, 3.05) is 13.7 Å². The molecule has 2 heterocycles. The molecule has 0 fully saturated rings. The lowest BCUT2D eigenvalue weighted by molar-refractivity contribution is 0.181. The Morgan fingerprint density at radius 2 is 2.50 bits per heavy atom. The summed E-state index contributed by atoms with van der Waals surface area (Å²) >= 11 is 1.52. The van der Waals surface area contributed by atoms with E-state index in [0.717, 1.165) is 15.4 Å². The maximum absolute atomic E-state index is 5.86. The van der Waals surface area contributed by atoms with Crippen LogP contribution in [0.5, 0.6) is 0 Å². The summed E-state index contributed by atoms with van der Waals surface area (Å²) in [6, 6.07) is 3.65. The van der Waals surface area contributed by atoms with Gasteiger partial charge in [-0.2, -0.15) is 0 Å². The number of rotatable bonds is 3. The van der Waals surface area contributed by atoms with Crippen LogP contribution in [0, 0.1) is 0 Å². The lowest BCUT2D eigenvalue weighted by Crippen LogP contribution is -2.15. The monoisotopic (exact) mass is 209 g/mol. The third-order valence-electron chi connectivity index (χ3n) is 1.85. The molecule has 4 nitrogen and oxygen atoms in total. The molecule has 2 rings (SSSR count). The first kappa shape index (κ1) is 9.51. The second kappa shape index (κ2) is 4.00. The number of methoxy groups -OCH3 is 1. The first-order chi connectivity index (χ1) is 6.81. The fourth-order valence-corrected chi connectivity index (χ4v) is 2.09. The van der Waals surface area contributed by atoms with Crippen LogP contribution in [0.4, 0.5) is 0 Å². The molecule has 2 N–H and O–H groups in total. The number of thiazole rings is 1. The van der Waals surface area contributed by atoms with E-state index in [1.807, 2.05) is 12.1 Å². The standard InChI is InChI=1S/C9H11N3OS/c1-13-5-6(10)8-12-7-3-2-4-11-9(7)14-8/h2-4,6H,5,10H2,1H3. The van der Waals surface area contributed by atoms with Crippen molar-refractivity contribution in [2.24, 2.45) is 5.73 Å². The predicted octanol–water partition coefficient (Wildman–Crippen LogP) is 1.34. The summed E-state index contributed by atoms with van der Waals surface area (Å²) < 4.78 is 4.98. The summed E-state index contributed by atoms with van der Waals surface area (Å²) in [6.45, 7) is 0.486. The highest BCUT2D eigenvalue weighted by molar-refractivity contribution is 7.18. The van der Waals surface area contributed by atoms with Gasteiger partial charge < -0.3 is 10.5 Å². The average Bonchev–Trinajstić information content (AvgIpc) is 2.61. The lowest BCUT2D eigenvalue weighted by Gasteiger charge is -2.04. The molecule has 74 valence electrons. The number of nitrogens with zero attached hydrogens (tertiary/aromatic N) is 2. The van der Waals surface area contributed by atoms with Gasteiger partial charge in [-0.05, 0) is 12.1 Å². The highest BCUT2D eigenvalue weighted by Gasteiger charge is 2.11. The largest absolute Gasteiger partial charge is 0.383 e. The Bertz CT molecular complexity index is 396. The zero-order valence-electron chi connectivity index (χ0n) is 7.80. The smallest absolute Gasteiger partial charge is 0.143 e. The number of aromatic nitrogens is 2. The topological polar surface area (TPSA) is 61.0 Å². The molecule has 0 radical (unpaired) electrons. The minimum atomic E-state index is -0.154. The van der Waals surface area contributed by atoms with Gasteiger partial charge in [-0.1, -0.05) is 11.3 Å². The Labute approximate surface area is 85.7 Å². The van der Waals surface area contributed by atoms with Gasteiger partial charge in [0.25, 0.3) is 0 Å². The van der Waals surface area contributed by atoms with Crippen LogP contribution in [0.2, 0.25) is 0 Å². The van der Waals surface area contributed by atoms with Gasteiger partial charge in [0.05, 0.1) is 12.6 Å². The minimum absolute atomic E-state index is 0.154. The molecule has 5 heteroatoms. The number of fused-ring (bicyclic) bond motifs is 1. The number of hydrogen-bond acceptors (Lipinski definition) is 5. The van der Waals surface area contributed by atoms with Crippen molar-refractivity contribution < 1.29 is 4.74 Å². The van der Waals surface area contributed by atoms with E-state index in [9.17, 15) is 0 Å². The normalized spacial score (nSPS) is 13.3. The molecule has 0 bridgehead atoms. The summed E-state index contributed by atoms with van der Waals surface area (Å²) in [4.78, 5) is 9.51. The highest BCUT2D eigenvalue weighted by atomic mass is 32.1. The Kier molecular flexibility index (Phi) is 2.72. The molecule has 0 aliphatic heterocycles. The summed E-state index contributed by atoms with van der Waals surface area (Å²) in [5.41, 5.74) is 6.77. The zero-order valence-corrected chi connectivity index (χ0v) is 8.62. The maximum Gasteiger partial charge on any atom is 0.143 e. The number of nitrogens with two attached hydrogens (primary N) is 1. The molecule has 1 atom stereocenters. The Morgan fingerprint density at radius 3 is 3.21 bits per heavy atom. The van der Waals surface area contributed by atoms with Gasteiger partial charge in [-0.25, -0.2) is 9.97 Å². The fourth-order valence-electron chi connectivity index (χ4n) is 1.20. The number of hydrogen-bond donors (Lipinski definition) is 1. The van der Waals surface area contributed by atoms with Crippen molar-refractivity contribution in [3.63, 3.8) is 0 Å². The third kappa shape index (κ3) is 1.75. The molecule has 2 aromatic heterocycles. The SMILES string of the molecule is COCC(N)c1nc2cccnc2s1. The van der Waals surface area contributed by atoms with Crippen LogP contribution in [0.1, 0.15) is 11.0 Å². The van der Waals surface area contributed by atoms with Crippen molar-refractivity contribution in [3.05, 3.63) is 23.3 Å². The predicted molar refractivity (Wildman–Crippen MR) is 56.2 cm³/mol. The summed E-state index contributed by atoms with van der Waals surface area (Å²) in [5.74, 6) is 0. The summed E-state index contributed by atoms with van der Waals surface area (Å²) in [7, 11) is 1.63. The molecular weight excluding hydrogens is 198 g/mol. The van der Waals surface area contributed by atoms with Crippen molar-refractivity contribution in [1.29, 1.82) is 0 Å². The Hall–Kier alpha value is -1.04. The maximum atomic E-state index is 5.86. The van der Waals surface area contributed by atoms with Crippen LogP contribution in [-0.4, -0.2) is 23.7 Å². The van der Waals surface area contributed by atoms with Crippen molar-refractivity contribution >= 4 is 21.7 Å². The van der Waals surface area contributed by atoms with Crippen LogP contribution >= 0.6 is 11.3 Å². The molecule has 14 heavy (non-hydrogen) atoms. The molecule has 1 unspecified atom stereocenters. The van der Waals surface area contributed by atoms with E-state index in [2.05, 4.69) is 9.97 Å². The van der Waals surface area contributed by atoms with Crippen LogP contribution < -0.4 is 5.73 Å². The first-order valence-electron chi connectivity index (χ1n) is 4.27. The van der Waals surface area contributed by atoms with E-state index in [4.69, 9.17) is 10.5 Å².